The molecular formula is C13H15N3O3S2. The highest BCUT2D eigenvalue weighted by Gasteiger charge is 2.12. The fourth-order valence-corrected chi connectivity index (χ4v) is 3.19. The topological polar surface area (TPSA) is 73.3 Å². The Hall–Kier alpha value is -1.80. The number of carbonyl (C=O) groups is 1. The lowest BCUT2D eigenvalue weighted by Gasteiger charge is -2.08. The number of carbonyl (C=O) groups excluding carboxylic acids is 1. The second kappa shape index (κ2) is 7.28. The summed E-state index contributed by atoms with van der Waals surface area (Å²) < 4.78 is 11.1. The van der Waals surface area contributed by atoms with Crippen LogP contribution in [0.4, 0.5) is 5.13 Å². The van der Waals surface area contributed by atoms with Gasteiger partial charge in [0, 0.05) is 12.6 Å². The van der Waals surface area contributed by atoms with E-state index in [1.165, 1.54) is 23.1 Å². The van der Waals surface area contributed by atoms with Crippen molar-refractivity contribution in [2.24, 2.45) is 0 Å². The Labute approximate surface area is 130 Å². The lowest BCUT2D eigenvalue weighted by Crippen LogP contribution is -2.03. The summed E-state index contributed by atoms with van der Waals surface area (Å²) in [5.74, 6) is 1.45. The van der Waals surface area contributed by atoms with Gasteiger partial charge in [-0.25, -0.2) is 0 Å². The van der Waals surface area contributed by atoms with Crippen LogP contribution < -0.4 is 14.8 Å². The minimum atomic E-state index is 0.00200. The smallest absolute Gasteiger partial charge is 0.206 e. The molecule has 0 aliphatic carbocycles. The van der Waals surface area contributed by atoms with Crippen LogP contribution in [-0.4, -0.2) is 43.0 Å². The average molecular weight is 325 g/mol. The number of ketones is 1. The van der Waals surface area contributed by atoms with Gasteiger partial charge < -0.3 is 14.8 Å². The minimum absolute atomic E-state index is 0.00200. The molecule has 1 N–H and O–H groups in total. The Bertz CT molecular complexity index is 631. The molecule has 0 bridgehead atoms. The minimum Gasteiger partial charge on any atom is -0.493 e. The molecule has 2 rings (SSSR count). The second-order valence-corrected chi connectivity index (χ2v) is 6.10. The van der Waals surface area contributed by atoms with Crippen LogP contribution in [0.15, 0.2) is 22.5 Å². The maximum Gasteiger partial charge on any atom is 0.206 e. The number of aromatic nitrogens is 2. The highest BCUT2D eigenvalue weighted by atomic mass is 32.2. The Kier molecular flexibility index (Phi) is 5.40. The Morgan fingerprint density at radius 3 is 2.67 bits per heavy atom. The van der Waals surface area contributed by atoms with Crippen molar-refractivity contribution in [2.45, 2.75) is 4.34 Å². The van der Waals surface area contributed by atoms with Gasteiger partial charge in [-0.15, -0.1) is 10.2 Å². The van der Waals surface area contributed by atoms with Crippen LogP contribution in [0.3, 0.4) is 0 Å². The van der Waals surface area contributed by atoms with E-state index in [0.29, 0.717) is 22.8 Å². The molecule has 0 radical (unpaired) electrons. The number of nitrogens with zero attached hydrogens (tertiary/aromatic N) is 2. The third-order valence-electron chi connectivity index (χ3n) is 2.65. The first-order chi connectivity index (χ1) is 10.2. The van der Waals surface area contributed by atoms with E-state index in [0.717, 1.165) is 9.47 Å². The van der Waals surface area contributed by atoms with Crippen molar-refractivity contribution in [3.8, 4) is 11.5 Å². The number of ether oxygens (including phenoxy) is 2. The van der Waals surface area contributed by atoms with E-state index >= 15 is 0 Å². The van der Waals surface area contributed by atoms with E-state index < -0.39 is 0 Å². The van der Waals surface area contributed by atoms with Crippen LogP contribution in [0.5, 0.6) is 11.5 Å². The number of nitrogens with one attached hydrogen (secondary N) is 1. The maximum absolute atomic E-state index is 12.2. The third-order valence-corrected chi connectivity index (χ3v) is 4.73. The van der Waals surface area contributed by atoms with E-state index in [-0.39, 0.29) is 5.78 Å². The zero-order valence-corrected chi connectivity index (χ0v) is 13.5. The van der Waals surface area contributed by atoms with E-state index in [1.54, 1.807) is 39.5 Å². The fraction of sp³-hybridized carbons (Fsp3) is 0.308. The zero-order valence-electron chi connectivity index (χ0n) is 11.9. The summed E-state index contributed by atoms with van der Waals surface area (Å²) in [6.07, 6.45) is 0. The molecule has 0 aliphatic rings. The number of hydrogen-bond donors (Lipinski definition) is 1. The highest BCUT2D eigenvalue weighted by Crippen LogP contribution is 2.29. The molecule has 8 heteroatoms. The van der Waals surface area contributed by atoms with Crippen molar-refractivity contribution < 1.29 is 14.3 Å². The Morgan fingerprint density at radius 1 is 1.29 bits per heavy atom. The van der Waals surface area contributed by atoms with Crippen molar-refractivity contribution in [2.75, 3.05) is 32.3 Å². The van der Waals surface area contributed by atoms with Gasteiger partial charge in [-0.3, -0.25) is 4.79 Å². The highest BCUT2D eigenvalue weighted by molar-refractivity contribution is 8.01. The second-order valence-electron chi connectivity index (χ2n) is 3.90. The van der Waals surface area contributed by atoms with Crippen LogP contribution >= 0.6 is 23.1 Å². The number of thioether (sulfide) groups is 1. The predicted molar refractivity (Wildman–Crippen MR) is 84.1 cm³/mol. The molecule has 0 saturated heterocycles. The molecule has 1 heterocycles. The molecule has 0 saturated carbocycles. The van der Waals surface area contributed by atoms with Gasteiger partial charge in [0.2, 0.25) is 5.13 Å². The molecule has 0 amide bonds. The first-order valence-electron chi connectivity index (χ1n) is 6.07. The average Bonchev–Trinajstić information content (AvgIpc) is 2.99. The van der Waals surface area contributed by atoms with E-state index in [2.05, 4.69) is 15.5 Å². The van der Waals surface area contributed by atoms with Gasteiger partial charge in [-0.2, -0.15) is 0 Å². The molecule has 1 aromatic carbocycles. The summed E-state index contributed by atoms with van der Waals surface area (Å²) in [6.45, 7) is 0. The summed E-state index contributed by atoms with van der Waals surface area (Å²) in [6, 6.07) is 5.13. The summed E-state index contributed by atoms with van der Waals surface area (Å²) >= 11 is 2.78. The summed E-state index contributed by atoms with van der Waals surface area (Å²) in [7, 11) is 4.88. The van der Waals surface area contributed by atoms with Crippen LogP contribution in [0, 0.1) is 0 Å². The lowest BCUT2D eigenvalue weighted by atomic mass is 10.1. The molecular weight excluding hydrogens is 310 g/mol. The molecule has 0 atom stereocenters. The van der Waals surface area contributed by atoms with Crippen LogP contribution in [0.1, 0.15) is 10.4 Å². The van der Waals surface area contributed by atoms with Crippen molar-refractivity contribution in [3.63, 3.8) is 0 Å². The number of Topliss-reactive ketones (excluding diaryl/α,β-unsaturated/α-hetero) is 1. The molecule has 6 nitrogen and oxygen atoms in total. The summed E-state index contributed by atoms with van der Waals surface area (Å²) in [4.78, 5) is 12.2. The summed E-state index contributed by atoms with van der Waals surface area (Å²) in [5, 5.41) is 11.6. The molecule has 0 fully saturated rings. The van der Waals surface area contributed by atoms with Crippen LogP contribution in [-0.2, 0) is 0 Å². The number of anilines is 1. The molecule has 112 valence electrons. The normalized spacial score (nSPS) is 10.2. The molecule has 2 aromatic rings. The number of benzene rings is 1. The zero-order chi connectivity index (χ0) is 15.2. The van der Waals surface area contributed by atoms with Gasteiger partial charge >= 0.3 is 0 Å². The molecule has 1 aromatic heterocycles. The van der Waals surface area contributed by atoms with E-state index in [4.69, 9.17) is 9.47 Å². The van der Waals surface area contributed by atoms with Crippen LogP contribution in [0.25, 0.3) is 0 Å². The SMILES string of the molecule is CNc1nnc(SCC(=O)c2ccc(OC)c(OC)c2)s1. The summed E-state index contributed by atoms with van der Waals surface area (Å²) in [5.41, 5.74) is 0.582. The maximum atomic E-state index is 12.2. The molecule has 0 spiro atoms. The number of methoxy groups -OCH3 is 2. The monoisotopic (exact) mass is 325 g/mol. The van der Waals surface area contributed by atoms with Crippen molar-refractivity contribution in [1.29, 1.82) is 0 Å². The first-order valence-corrected chi connectivity index (χ1v) is 7.87. The van der Waals surface area contributed by atoms with Gasteiger partial charge in [0.25, 0.3) is 0 Å². The Balaban J connectivity index is 2.02. The molecule has 21 heavy (non-hydrogen) atoms. The molecule has 0 unspecified atom stereocenters. The van der Waals surface area contributed by atoms with Gasteiger partial charge in [0.05, 0.1) is 20.0 Å². The number of rotatable bonds is 7. The standard InChI is InChI=1S/C13H15N3O3S2/c1-14-12-15-16-13(21-12)20-7-9(17)8-4-5-10(18-2)11(6-8)19-3/h4-6H,7H2,1-3H3,(H,14,15). The first kappa shape index (κ1) is 15.6. The third kappa shape index (κ3) is 3.85. The fourth-order valence-electron chi connectivity index (χ4n) is 1.59. The quantitative estimate of drug-likeness (QED) is 0.619. The van der Waals surface area contributed by atoms with Crippen molar-refractivity contribution >= 4 is 34.0 Å². The Morgan fingerprint density at radius 2 is 2.05 bits per heavy atom. The van der Waals surface area contributed by atoms with Gasteiger partial charge in [-0.1, -0.05) is 23.1 Å². The largest absolute Gasteiger partial charge is 0.493 e. The lowest BCUT2D eigenvalue weighted by molar-refractivity contribution is 0.102. The van der Waals surface area contributed by atoms with Crippen LogP contribution in [0.2, 0.25) is 0 Å². The van der Waals surface area contributed by atoms with Crippen molar-refractivity contribution in [3.05, 3.63) is 23.8 Å². The van der Waals surface area contributed by atoms with E-state index in [1.807, 2.05) is 0 Å². The van der Waals surface area contributed by atoms with Gasteiger partial charge in [0.1, 0.15) is 0 Å². The van der Waals surface area contributed by atoms with Gasteiger partial charge in [0.15, 0.2) is 21.6 Å². The molecule has 0 aliphatic heterocycles. The number of hydrogen-bond acceptors (Lipinski definition) is 8. The predicted octanol–water partition coefficient (Wildman–Crippen LogP) is 2.57. The van der Waals surface area contributed by atoms with Gasteiger partial charge in [-0.05, 0) is 18.2 Å². The van der Waals surface area contributed by atoms with Crippen molar-refractivity contribution in [1.82, 2.24) is 10.2 Å². The van der Waals surface area contributed by atoms with E-state index in [9.17, 15) is 4.79 Å².